The Kier molecular flexibility index (Phi) is 3.18. The van der Waals surface area contributed by atoms with Crippen LogP contribution in [0.1, 0.15) is 53.5 Å². The predicted octanol–water partition coefficient (Wildman–Crippen LogP) is 4.40. The maximum Gasteiger partial charge on any atom is 0.0668 e. The largest absolute Gasteiger partial charge is 0.318 e. The first-order valence-electron chi connectivity index (χ1n) is 7.48. The molecule has 0 saturated heterocycles. The summed E-state index contributed by atoms with van der Waals surface area (Å²) in [6.07, 6.45) is 2.18. The zero-order chi connectivity index (χ0) is 14.3. The quantitative estimate of drug-likeness (QED) is 0.812. The van der Waals surface area contributed by atoms with E-state index in [4.69, 9.17) is 5.73 Å². The van der Waals surface area contributed by atoms with Crippen LogP contribution in [0.5, 0.6) is 0 Å². The Morgan fingerprint density at radius 3 is 2.40 bits per heavy atom. The molecule has 1 nitrogen and oxygen atoms in total. The summed E-state index contributed by atoms with van der Waals surface area (Å²) in [5.74, 6) is 0.605. The molecule has 2 aromatic carbocycles. The smallest absolute Gasteiger partial charge is 0.0668 e. The molecule has 2 N–H and O–H groups in total. The Bertz CT molecular complexity index is 624. The first-order valence-corrected chi connectivity index (χ1v) is 7.48. The predicted molar refractivity (Wildman–Crippen MR) is 85.0 cm³/mol. The lowest BCUT2D eigenvalue weighted by molar-refractivity contribution is 0.411. The fourth-order valence-corrected chi connectivity index (χ4v) is 3.60. The molecule has 0 saturated carbocycles. The fraction of sp³-hybridized carbons (Fsp3) is 0.368. The van der Waals surface area contributed by atoms with Crippen molar-refractivity contribution >= 4 is 0 Å². The minimum atomic E-state index is -0.333. The van der Waals surface area contributed by atoms with Crippen molar-refractivity contribution in [2.75, 3.05) is 0 Å². The van der Waals surface area contributed by atoms with Crippen LogP contribution in [0, 0.1) is 13.8 Å². The van der Waals surface area contributed by atoms with Gasteiger partial charge in [-0.2, -0.15) is 0 Å². The van der Waals surface area contributed by atoms with Gasteiger partial charge < -0.3 is 5.73 Å². The molecule has 0 radical (unpaired) electrons. The lowest BCUT2D eigenvalue weighted by Gasteiger charge is -2.39. The van der Waals surface area contributed by atoms with Crippen molar-refractivity contribution in [3.8, 4) is 0 Å². The van der Waals surface area contributed by atoms with E-state index in [-0.39, 0.29) is 5.54 Å². The van der Waals surface area contributed by atoms with Gasteiger partial charge in [0.15, 0.2) is 0 Å². The van der Waals surface area contributed by atoms with Crippen LogP contribution in [0.4, 0.5) is 0 Å². The van der Waals surface area contributed by atoms with Gasteiger partial charge in [-0.15, -0.1) is 0 Å². The monoisotopic (exact) mass is 265 g/mol. The first kappa shape index (κ1) is 13.4. The summed E-state index contributed by atoms with van der Waals surface area (Å²) < 4.78 is 0. The second kappa shape index (κ2) is 4.75. The van der Waals surface area contributed by atoms with Gasteiger partial charge in [0.2, 0.25) is 0 Å². The maximum atomic E-state index is 6.89. The number of benzene rings is 2. The summed E-state index contributed by atoms with van der Waals surface area (Å²) in [5, 5.41) is 0. The Labute approximate surface area is 121 Å². The topological polar surface area (TPSA) is 26.0 Å². The molecule has 2 unspecified atom stereocenters. The zero-order valence-corrected chi connectivity index (χ0v) is 12.6. The summed E-state index contributed by atoms with van der Waals surface area (Å²) in [5.41, 5.74) is 13.1. The highest BCUT2D eigenvalue weighted by atomic mass is 14.8. The summed E-state index contributed by atoms with van der Waals surface area (Å²) >= 11 is 0. The van der Waals surface area contributed by atoms with Crippen molar-refractivity contribution in [2.24, 2.45) is 5.73 Å². The van der Waals surface area contributed by atoms with Crippen LogP contribution in [0.25, 0.3) is 0 Å². The zero-order valence-electron chi connectivity index (χ0n) is 12.6. The number of nitrogens with two attached hydrogens (primary N) is 1. The number of hydrogen-bond acceptors (Lipinski definition) is 1. The van der Waals surface area contributed by atoms with E-state index in [1.807, 2.05) is 0 Å². The molecule has 1 aliphatic rings. The van der Waals surface area contributed by atoms with Gasteiger partial charge in [-0.05, 0) is 49.3 Å². The second-order valence-corrected chi connectivity index (χ2v) is 6.37. The van der Waals surface area contributed by atoms with Crippen LogP contribution in [-0.4, -0.2) is 0 Å². The lowest BCUT2D eigenvalue weighted by Crippen LogP contribution is -2.41. The minimum Gasteiger partial charge on any atom is -0.318 e. The average Bonchev–Trinajstić information content (AvgIpc) is 2.42. The van der Waals surface area contributed by atoms with Crippen molar-refractivity contribution < 1.29 is 0 Å². The number of rotatable bonds is 1. The van der Waals surface area contributed by atoms with Crippen molar-refractivity contribution in [3.05, 3.63) is 70.3 Å². The number of aryl methyl sites for hydroxylation is 2. The molecular weight excluding hydrogens is 242 g/mol. The van der Waals surface area contributed by atoms with Crippen LogP contribution in [0.2, 0.25) is 0 Å². The van der Waals surface area contributed by atoms with Gasteiger partial charge in [0.25, 0.3) is 0 Å². The second-order valence-electron chi connectivity index (χ2n) is 6.37. The molecule has 20 heavy (non-hydrogen) atoms. The van der Waals surface area contributed by atoms with Gasteiger partial charge in [-0.25, -0.2) is 0 Å². The van der Waals surface area contributed by atoms with Crippen molar-refractivity contribution in [3.63, 3.8) is 0 Å². The molecule has 0 heterocycles. The van der Waals surface area contributed by atoms with Gasteiger partial charge in [-0.1, -0.05) is 60.5 Å². The Balaban J connectivity index is 2.19. The summed E-state index contributed by atoms with van der Waals surface area (Å²) in [6.45, 7) is 6.61. The molecule has 1 heteroatoms. The van der Waals surface area contributed by atoms with Crippen molar-refractivity contribution in [1.82, 2.24) is 0 Å². The molecule has 3 rings (SSSR count). The van der Waals surface area contributed by atoms with Gasteiger partial charge in [0.1, 0.15) is 0 Å². The normalized spacial score (nSPS) is 25.3. The van der Waals surface area contributed by atoms with Gasteiger partial charge >= 0.3 is 0 Å². The van der Waals surface area contributed by atoms with Crippen LogP contribution in [0.15, 0.2) is 42.5 Å². The standard InChI is InChI=1S/C19H23N/c1-13-10-14(2)12-16(11-13)19(20)9-8-15(3)17-6-4-5-7-18(17)19/h4-7,10-12,15H,8-9,20H2,1-3H3. The molecule has 0 aliphatic heterocycles. The van der Waals surface area contributed by atoms with Crippen LogP contribution < -0.4 is 5.73 Å². The van der Waals surface area contributed by atoms with Gasteiger partial charge in [-0.3, -0.25) is 0 Å². The first-order chi connectivity index (χ1) is 9.50. The minimum absolute atomic E-state index is 0.333. The molecular formula is C19H23N. The average molecular weight is 265 g/mol. The third kappa shape index (κ3) is 2.06. The Hall–Kier alpha value is -1.60. The highest BCUT2D eigenvalue weighted by Crippen LogP contribution is 2.43. The third-order valence-corrected chi connectivity index (χ3v) is 4.68. The van der Waals surface area contributed by atoms with Crippen molar-refractivity contribution in [1.29, 1.82) is 0 Å². The van der Waals surface area contributed by atoms with E-state index in [0.29, 0.717) is 5.92 Å². The summed E-state index contributed by atoms with van der Waals surface area (Å²) in [6, 6.07) is 15.4. The molecule has 0 aromatic heterocycles. The molecule has 0 fully saturated rings. The Morgan fingerprint density at radius 2 is 1.70 bits per heavy atom. The van der Waals surface area contributed by atoms with Gasteiger partial charge in [0, 0.05) is 0 Å². The van der Waals surface area contributed by atoms with E-state index in [1.165, 1.54) is 27.8 Å². The van der Waals surface area contributed by atoms with E-state index in [9.17, 15) is 0 Å². The summed E-state index contributed by atoms with van der Waals surface area (Å²) in [4.78, 5) is 0. The number of hydrogen-bond donors (Lipinski definition) is 1. The van der Waals surface area contributed by atoms with E-state index in [2.05, 4.69) is 63.2 Å². The van der Waals surface area contributed by atoms with Crippen molar-refractivity contribution in [2.45, 2.75) is 45.1 Å². The Morgan fingerprint density at radius 1 is 1.05 bits per heavy atom. The summed E-state index contributed by atoms with van der Waals surface area (Å²) in [7, 11) is 0. The highest BCUT2D eigenvalue weighted by molar-refractivity contribution is 5.47. The molecule has 2 aromatic rings. The molecule has 0 amide bonds. The molecule has 1 aliphatic carbocycles. The van der Waals surface area contributed by atoms with Gasteiger partial charge in [0.05, 0.1) is 5.54 Å². The number of fused-ring (bicyclic) bond motifs is 1. The maximum absolute atomic E-state index is 6.89. The third-order valence-electron chi connectivity index (χ3n) is 4.68. The van der Waals surface area contributed by atoms with Crippen LogP contribution in [0.3, 0.4) is 0 Å². The van der Waals surface area contributed by atoms with E-state index < -0.39 is 0 Å². The molecule has 2 atom stereocenters. The molecule has 0 spiro atoms. The molecule has 0 bridgehead atoms. The van der Waals surface area contributed by atoms with E-state index in [0.717, 1.165) is 12.8 Å². The van der Waals surface area contributed by atoms with E-state index in [1.54, 1.807) is 0 Å². The fourth-order valence-electron chi connectivity index (χ4n) is 3.60. The van der Waals surface area contributed by atoms with Crippen LogP contribution in [-0.2, 0) is 5.54 Å². The van der Waals surface area contributed by atoms with Crippen LogP contribution >= 0.6 is 0 Å². The van der Waals surface area contributed by atoms with E-state index >= 15 is 0 Å². The SMILES string of the molecule is Cc1cc(C)cc(C2(N)CCC(C)c3ccccc32)c1. The lowest BCUT2D eigenvalue weighted by atomic mass is 9.69. The molecule has 104 valence electrons. The highest BCUT2D eigenvalue weighted by Gasteiger charge is 2.36.